The van der Waals surface area contributed by atoms with Crippen LogP contribution in [0, 0.1) is 11.3 Å². The Morgan fingerprint density at radius 1 is 1.24 bits per heavy atom. The van der Waals surface area contributed by atoms with Gasteiger partial charge in [-0.1, -0.05) is 18.2 Å². The summed E-state index contributed by atoms with van der Waals surface area (Å²) in [5.41, 5.74) is 1.04. The van der Waals surface area contributed by atoms with E-state index in [1.165, 1.54) is 13.2 Å². The second-order valence-corrected chi connectivity index (χ2v) is 6.47. The van der Waals surface area contributed by atoms with Crippen LogP contribution in [0.3, 0.4) is 0 Å². The molecule has 0 saturated heterocycles. The Morgan fingerprint density at radius 2 is 1.97 bits per heavy atom. The molecule has 0 fully saturated rings. The molecule has 0 atom stereocenters. The number of benzene rings is 2. The lowest BCUT2D eigenvalue weighted by Crippen LogP contribution is -2.15. The minimum Gasteiger partial charge on any atom is -0.493 e. The summed E-state index contributed by atoms with van der Waals surface area (Å²) in [5.74, 6) is -0.396. The summed E-state index contributed by atoms with van der Waals surface area (Å²) in [5, 5.41) is 12.0. The van der Waals surface area contributed by atoms with Crippen LogP contribution in [-0.2, 0) is 14.3 Å². The first kappa shape index (κ1) is 22.0. The number of nitrogens with zero attached hydrogens (tertiary/aromatic N) is 1. The van der Waals surface area contributed by atoms with Gasteiger partial charge in [-0.05, 0) is 58.8 Å². The average Bonchev–Trinajstić information content (AvgIpc) is 2.71. The maximum absolute atomic E-state index is 12.4. The molecule has 0 aliphatic carbocycles. The van der Waals surface area contributed by atoms with Gasteiger partial charge in [0.2, 0.25) is 0 Å². The van der Waals surface area contributed by atoms with Gasteiger partial charge >= 0.3 is 5.97 Å². The molecule has 2 aromatic carbocycles. The number of esters is 1. The molecule has 0 unspecified atom stereocenters. The van der Waals surface area contributed by atoms with Crippen molar-refractivity contribution < 1.29 is 23.8 Å². The zero-order chi connectivity index (χ0) is 21.2. The molecular formula is C21H19BrN2O5. The summed E-state index contributed by atoms with van der Waals surface area (Å²) in [6, 6.07) is 14.0. The normalized spacial score (nSPS) is 10.6. The van der Waals surface area contributed by atoms with Gasteiger partial charge in [0.05, 0.1) is 18.2 Å². The molecule has 0 saturated carbocycles. The number of ether oxygens (including phenoxy) is 3. The van der Waals surface area contributed by atoms with Crippen molar-refractivity contribution in [2.24, 2.45) is 0 Å². The molecule has 2 rings (SSSR count). The van der Waals surface area contributed by atoms with Gasteiger partial charge in [0.15, 0.2) is 18.1 Å². The van der Waals surface area contributed by atoms with Crippen LogP contribution >= 0.6 is 15.9 Å². The van der Waals surface area contributed by atoms with Gasteiger partial charge in [-0.3, -0.25) is 4.79 Å². The fourth-order valence-electron chi connectivity index (χ4n) is 2.33. The smallest absolute Gasteiger partial charge is 0.344 e. The van der Waals surface area contributed by atoms with Crippen LogP contribution in [0.15, 0.2) is 52.5 Å². The molecule has 0 aromatic heterocycles. The summed E-state index contributed by atoms with van der Waals surface area (Å²) in [4.78, 5) is 23.9. The Labute approximate surface area is 177 Å². The maximum atomic E-state index is 12.4. The molecule has 0 spiro atoms. The van der Waals surface area contributed by atoms with Crippen molar-refractivity contribution in [3.05, 3.63) is 58.1 Å². The van der Waals surface area contributed by atoms with E-state index >= 15 is 0 Å². The maximum Gasteiger partial charge on any atom is 0.344 e. The van der Waals surface area contributed by atoms with E-state index in [1.807, 2.05) is 12.1 Å². The third-order valence-electron chi connectivity index (χ3n) is 3.60. The Hall–Kier alpha value is -3.31. The van der Waals surface area contributed by atoms with Crippen molar-refractivity contribution in [2.45, 2.75) is 6.92 Å². The molecular weight excluding hydrogens is 440 g/mol. The highest BCUT2D eigenvalue weighted by Gasteiger charge is 2.15. The number of carbonyl (C=O) groups is 2. The zero-order valence-electron chi connectivity index (χ0n) is 15.9. The molecule has 0 aliphatic rings. The van der Waals surface area contributed by atoms with Crippen LogP contribution in [0.25, 0.3) is 6.08 Å². The summed E-state index contributed by atoms with van der Waals surface area (Å²) in [6.45, 7) is 1.68. The van der Waals surface area contributed by atoms with E-state index in [0.717, 1.165) is 0 Å². The fraction of sp³-hybridized carbons (Fsp3) is 0.190. The second kappa shape index (κ2) is 10.9. The number of nitriles is 1. The highest BCUT2D eigenvalue weighted by Crippen LogP contribution is 2.37. The Kier molecular flexibility index (Phi) is 8.25. The van der Waals surface area contributed by atoms with E-state index in [-0.39, 0.29) is 18.8 Å². The Bertz CT molecular complexity index is 952. The topological polar surface area (TPSA) is 97.7 Å². The number of hydrogen-bond donors (Lipinski definition) is 1. The second-order valence-electron chi connectivity index (χ2n) is 5.62. The average molecular weight is 459 g/mol. The molecule has 0 bridgehead atoms. The van der Waals surface area contributed by atoms with Gasteiger partial charge in [-0.25, -0.2) is 4.79 Å². The van der Waals surface area contributed by atoms with Crippen molar-refractivity contribution in [1.29, 1.82) is 5.26 Å². The number of rotatable bonds is 8. The first-order valence-electron chi connectivity index (χ1n) is 8.62. The summed E-state index contributed by atoms with van der Waals surface area (Å²) in [7, 11) is 1.44. The lowest BCUT2D eigenvalue weighted by molar-refractivity contribution is -0.145. The number of carbonyl (C=O) groups excluding carboxylic acids is 2. The molecule has 7 nitrogen and oxygen atoms in total. The van der Waals surface area contributed by atoms with Crippen molar-refractivity contribution in [1.82, 2.24) is 0 Å². The van der Waals surface area contributed by atoms with Gasteiger partial charge < -0.3 is 19.5 Å². The first-order chi connectivity index (χ1) is 14.0. The minimum atomic E-state index is -0.531. The third kappa shape index (κ3) is 6.36. The van der Waals surface area contributed by atoms with Crippen LogP contribution < -0.4 is 14.8 Å². The van der Waals surface area contributed by atoms with Crippen LogP contribution in [0.2, 0.25) is 0 Å². The van der Waals surface area contributed by atoms with Crippen molar-refractivity contribution in [3.63, 3.8) is 0 Å². The summed E-state index contributed by atoms with van der Waals surface area (Å²) < 4.78 is 16.1. The lowest BCUT2D eigenvalue weighted by atomic mass is 10.1. The van der Waals surface area contributed by atoms with E-state index in [2.05, 4.69) is 21.2 Å². The van der Waals surface area contributed by atoms with Crippen molar-refractivity contribution in [3.8, 4) is 17.6 Å². The molecule has 0 aliphatic heterocycles. The number of para-hydroxylation sites is 1. The number of halogens is 1. The molecule has 0 heterocycles. The van der Waals surface area contributed by atoms with E-state index in [0.29, 0.717) is 27.2 Å². The van der Waals surface area contributed by atoms with Crippen LogP contribution in [-0.4, -0.2) is 32.2 Å². The molecule has 150 valence electrons. The van der Waals surface area contributed by atoms with Gasteiger partial charge in [-0.2, -0.15) is 5.26 Å². The third-order valence-corrected chi connectivity index (χ3v) is 4.19. The van der Waals surface area contributed by atoms with E-state index in [4.69, 9.17) is 14.2 Å². The first-order valence-corrected chi connectivity index (χ1v) is 9.42. The number of anilines is 1. The summed E-state index contributed by atoms with van der Waals surface area (Å²) >= 11 is 3.36. The fourth-order valence-corrected chi connectivity index (χ4v) is 2.91. The van der Waals surface area contributed by atoms with Crippen LogP contribution in [0.4, 0.5) is 5.69 Å². The number of methoxy groups -OCH3 is 1. The van der Waals surface area contributed by atoms with Gasteiger partial charge in [0.25, 0.3) is 5.91 Å². The van der Waals surface area contributed by atoms with E-state index in [9.17, 15) is 14.9 Å². The Morgan fingerprint density at radius 3 is 2.59 bits per heavy atom. The van der Waals surface area contributed by atoms with Gasteiger partial charge in [0, 0.05) is 5.69 Å². The Balaban J connectivity index is 2.24. The quantitative estimate of drug-likeness (QED) is 0.365. The standard InChI is InChI=1S/C21H19BrN2O5/c1-3-28-19(25)13-29-20-17(22)10-14(11-18(20)27-2)9-15(12-23)21(26)24-16-7-5-4-6-8-16/h4-11H,3,13H2,1-2H3,(H,24,26)/b15-9-. The molecule has 29 heavy (non-hydrogen) atoms. The van der Waals surface area contributed by atoms with Crippen LogP contribution in [0.1, 0.15) is 12.5 Å². The minimum absolute atomic E-state index is 0.0806. The highest BCUT2D eigenvalue weighted by molar-refractivity contribution is 9.10. The number of hydrogen-bond acceptors (Lipinski definition) is 6. The lowest BCUT2D eigenvalue weighted by Gasteiger charge is -2.13. The van der Waals surface area contributed by atoms with Crippen molar-refractivity contribution >= 4 is 39.6 Å². The molecule has 8 heteroatoms. The highest BCUT2D eigenvalue weighted by atomic mass is 79.9. The SMILES string of the molecule is CCOC(=O)COc1c(Br)cc(/C=C(/C#N)C(=O)Nc2ccccc2)cc1OC. The number of nitrogens with one attached hydrogen (secondary N) is 1. The zero-order valence-corrected chi connectivity index (χ0v) is 17.5. The van der Waals surface area contributed by atoms with Crippen molar-refractivity contribution in [2.75, 3.05) is 25.6 Å². The molecule has 1 amide bonds. The number of amides is 1. The van der Waals surface area contributed by atoms with Gasteiger partial charge in [0.1, 0.15) is 11.6 Å². The summed E-state index contributed by atoms with van der Waals surface area (Å²) in [6.07, 6.45) is 1.43. The largest absolute Gasteiger partial charge is 0.493 e. The van der Waals surface area contributed by atoms with E-state index < -0.39 is 11.9 Å². The monoisotopic (exact) mass is 458 g/mol. The van der Waals surface area contributed by atoms with E-state index in [1.54, 1.807) is 43.3 Å². The predicted octanol–water partition coefficient (Wildman–Crippen LogP) is 3.95. The molecule has 1 N–H and O–H groups in total. The molecule has 0 radical (unpaired) electrons. The predicted molar refractivity (Wildman–Crippen MR) is 111 cm³/mol. The van der Waals surface area contributed by atoms with Crippen LogP contribution in [0.5, 0.6) is 11.5 Å². The molecule has 2 aromatic rings. The van der Waals surface area contributed by atoms with Gasteiger partial charge in [-0.15, -0.1) is 0 Å².